The lowest BCUT2D eigenvalue weighted by Gasteiger charge is -2.43. The Labute approximate surface area is 184 Å². The Balaban J connectivity index is 1.41. The number of likely N-dealkylation sites (tertiary alicyclic amines) is 1. The van der Waals surface area contributed by atoms with Gasteiger partial charge in [-0.1, -0.05) is 12.1 Å². The fourth-order valence-electron chi connectivity index (χ4n) is 4.27. The smallest absolute Gasteiger partial charge is 0.253 e. The molecule has 3 N–H and O–H groups in total. The van der Waals surface area contributed by atoms with Gasteiger partial charge in [-0.05, 0) is 31.0 Å². The molecule has 2 atom stereocenters. The molecule has 1 amide bonds. The van der Waals surface area contributed by atoms with Gasteiger partial charge >= 0.3 is 0 Å². The van der Waals surface area contributed by atoms with Gasteiger partial charge in [-0.2, -0.15) is 0 Å². The maximum atomic E-state index is 13.4. The average molecular weight is 432 g/mol. The van der Waals surface area contributed by atoms with Crippen molar-refractivity contribution in [2.45, 2.75) is 31.5 Å². The van der Waals surface area contributed by atoms with Crippen LogP contribution in [0.15, 0.2) is 55.6 Å². The second-order valence-electron chi connectivity index (χ2n) is 8.39. The van der Waals surface area contributed by atoms with Crippen LogP contribution in [0.5, 0.6) is 0 Å². The zero-order valence-electron chi connectivity index (χ0n) is 17.7. The van der Waals surface area contributed by atoms with E-state index in [2.05, 4.69) is 19.9 Å². The summed E-state index contributed by atoms with van der Waals surface area (Å²) >= 11 is 0. The molecule has 164 valence electrons. The summed E-state index contributed by atoms with van der Waals surface area (Å²) in [6.45, 7) is 3.20. The fraction of sp³-hybridized carbons (Fsp3) is 0.318. The molecule has 1 aliphatic rings. The Bertz CT molecular complexity index is 1260. The molecule has 1 aliphatic heterocycles. The van der Waals surface area contributed by atoms with Crippen molar-refractivity contribution >= 4 is 22.9 Å². The average Bonchev–Trinajstić information content (AvgIpc) is 3.44. The zero-order valence-corrected chi connectivity index (χ0v) is 17.7. The molecule has 10 nitrogen and oxygen atoms in total. The number of nitrogen functional groups attached to an aromatic ring is 1. The van der Waals surface area contributed by atoms with Crippen LogP contribution in [0, 0.1) is 0 Å². The summed E-state index contributed by atoms with van der Waals surface area (Å²) in [5, 5.41) is 11.1. The third-order valence-electron chi connectivity index (χ3n) is 6.11. The normalized spacial score (nSPS) is 21.2. The summed E-state index contributed by atoms with van der Waals surface area (Å²) < 4.78 is 3.75. The highest BCUT2D eigenvalue weighted by atomic mass is 16.3. The van der Waals surface area contributed by atoms with E-state index in [-0.39, 0.29) is 11.7 Å². The van der Waals surface area contributed by atoms with Gasteiger partial charge in [-0.3, -0.25) is 4.79 Å². The van der Waals surface area contributed by atoms with Crippen molar-refractivity contribution in [3.63, 3.8) is 0 Å². The number of benzene rings is 1. The molecule has 32 heavy (non-hydrogen) atoms. The minimum atomic E-state index is -1.03. The van der Waals surface area contributed by atoms with E-state index in [1.54, 1.807) is 35.2 Å². The first-order valence-corrected chi connectivity index (χ1v) is 10.4. The standard InChI is InChI=1S/C22H24N8O2/c1-22(32)5-7-29(11-17(22)30-14-27-18-19(23)25-12-26-20(18)30)21(31)16-4-2-3-15(9-16)10-28-8-6-24-13-28/h2-4,6,8-9,12-14,17,32H,5,7,10-11H2,1H3,(H2,23,25,26)/t17-,22-/m1/s1. The summed E-state index contributed by atoms with van der Waals surface area (Å²) in [5.41, 5.74) is 7.54. The van der Waals surface area contributed by atoms with E-state index >= 15 is 0 Å². The van der Waals surface area contributed by atoms with Gasteiger partial charge in [0, 0.05) is 37.6 Å². The number of rotatable bonds is 4. The maximum Gasteiger partial charge on any atom is 0.253 e. The first-order chi connectivity index (χ1) is 15.4. The third kappa shape index (κ3) is 3.58. The molecule has 1 aromatic carbocycles. The second kappa shape index (κ2) is 7.72. The van der Waals surface area contributed by atoms with Gasteiger partial charge in [0.25, 0.3) is 5.91 Å². The number of fused-ring (bicyclic) bond motifs is 1. The number of hydrogen-bond acceptors (Lipinski definition) is 7. The molecule has 0 spiro atoms. The number of nitrogens with zero attached hydrogens (tertiary/aromatic N) is 7. The van der Waals surface area contributed by atoms with Crippen molar-refractivity contribution in [1.29, 1.82) is 0 Å². The number of aromatic nitrogens is 6. The fourth-order valence-corrected chi connectivity index (χ4v) is 4.27. The van der Waals surface area contributed by atoms with Crippen molar-refractivity contribution in [3.8, 4) is 0 Å². The number of carbonyl (C=O) groups is 1. The minimum absolute atomic E-state index is 0.0726. The van der Waals surface area contributed by atoms with Crippen LogP contribution in [0.25, 0.3) is 11.2 Å². The molecule has 5 rings (SSSR count). The van der Waals surface area contributed by atoms with Gasteiger partial charge in [0.05, 0.1) is 24.3 Å². The molecule has 1 saturated heterocycles. The summed E-state index contributed by atoms with van der Waals surface area (Å²) in [4.78, 5) is 31.8. The van der Waals surface area contributed by atoms with E-state index in [1.165, 1.54) is 6.33 Å². The lowest BCUT2D eigenvalue weighted by atomic mass is 9.87. The molecule has 1 fully saturated rings. The van der Waals surface area contributed by atoms with Crippen LogP contribution in [0.1, 0.15) is 35.3 Å². The zero-order chi connectivity index (χ0) is 22.3. The highest BCUT2D eigenvalue weighted by molar-refractivity contribution is 5.94. The van der Waals surface area contributed by atoms with Crippen molar-refractivity contribution < 1.29 is 9.90 Å². The van der Waals surface area contributed by atoms with Crippen molar-refractivity contribution in [3.05, 3.63) is 66.8 Å². The van der Waals surface area contributed by atoms with Crippen LogP contribution in [-0.4, -0.2) is 63.7 Å². The first-order valence-electron chi connectivity index (χ1n) is 10.4. The summed E-state index contributed by atoms with van der Waals surface area (Å²) in [6.07, 6.45) is 8.78. The number of aliphatic hydroxyl groups is 1. The van der Waals surface area contributed by atoms with Crippen molar-refractivity contribution in [2.24, 2.45) is 0 Å². The lowest BCUT2D eigenvalue weighted by Crippen LogP contribution is -2.52. The van der Waals surface area contributed by atoms with E-state index in [9.17, 15) is 9.90 Å². The van der Waals surface area contributed by atoms with E-state index in [1.807, 2.05) is 35.0 Å². The molecule has 0 bridgehead atoms. The number of hydrogen-bond donors (Lipinski definition) is 2. The predicted octanol–water partition coefficient (Wildman–Crippen LogP) is 1.49. The number of piperidine rings is 1. The molecule has 4 aromatic rings. The predicted molar refractivity (Wildman–Crippen MR) is 118 cm³/mol. The maximum absolute atomic E-state index is 13.4. The van der Waals surface area contributed by atoms with Gasteiger partial charge in [0.2, 0.25) is 0 Å². The SMILES string of the molecule is C[C@@]1(O)CCN(C(=O)c2cccc(Cn3ccnc3)c2)C[C@H]1n1cnc2c(N)ncnc21. The number of amides is 1. The van der Waals surface area contributed by atoms with Gasteiger partial charge in [-0.25, -0.2) is 19.9 Å². The highest BCUT2D eigenvalue weighted by Crippen LogP contribution is 2.34. The largest absolute Gasteiger partial charge is 0.388 e. The van der Waals surface area contributed by atoms with Gasteiger partial charge in [0.1, 0.15) is 11.8 Å². The summed E-state index contributed by atoms with van der Waals surface area (Å²) in [7, 11) is 0. The van der Waals surface area contributed by atoms with Gasteiger partial charge in [0.15, 0.2) is 11.5 Å². The van der Waals surface area contributed by atoms with E-state index < -0.39 is 11.6 Å². The Morgan fingerprint density at radius 1 is 1.28 bits per heavy atom. The Morgan fingerprint density at radius 2 is 2.16 bits per heavy atom. The Morgan fingerprint density at radius 3 is 2.97 bits per heavy atom. The monoisotopic (exact) mass is 432 g/mol. The van der Waals surface area contributed by atoms with E-state index in [4.69, 9.17) is 5.73 Å². The van der Waals surface area contributed by atoms with Crippen molar-refractivity contribution in [1.82, 2.24) is 34.0 Å². The second-order valence-corrected chi connectivity index (χ2v) is 8.39. The first kappa shape index (κ1) is 20.1. The number of anilines is 1. The van der Waals surface area contributed by atoms with Crippen molar-refractivity contribution in [2.75, 3.05) is 18.8 Å². The van der Waals surface area contributed by atoms with Crippen LogP contribution in [0.2, 0.25) is 0 Å². The molecule has 10 heteroatoms. The van der Waals surface area contributed by atoms with Crippen LogP contribution < -0.4 is 5.73 Å². The number of imidazole rings is 2. The van der Waals surface area contributed by atoms with Crippen LogP contribution in [0.3, 0.4) is 0 Å². The van der Waals surface area contributed by atoms with Crippen LogP contribution in [0.4, 0.5) is 5.82 Å². The Kier molecular flexibility index (Phi) is 4.86. The molecular weight excluding hydrogens is 408 g/mol. The molecule has 4 heterocycles. The Hall–Kier alpha value is -3.79. The van der Waals surface area contributed by atoms with E-state index in [0.29, 0.717) is 42.8 Å². The summed E-state index contributed by atoms with van der Waals surface area (Å²) in [5.74, 6) is 0.211. The third-order valence-corrected chi connectivity index (χ3v) is 6.11. The topological polar surface area (TPSA) is 128 Å². The molecular formula is C22H24N8O2. The van der Waals surface area contributed by atoms with Crippen LogP contribution in [-0.2, 0) is 6.54 Å². The quantitative estimate of drug-likeness (QED) is 0.500. The molecule has 0 aliphatic carbocycles. The lowest BCUT2D eigenvalue weighted by molar-refractivity contribution is -0.0433. The highest BCUT2D eigenvalue weighted by Gasteiger charge is 2.41. The molecule has 0 radical (unpaired) electrons. The molecule has 3 aromatic heterocycles. The van der Waals surface area contributed by atoms with Gasteiger partial charge in [-0.15, -0.1) is 0 Å². The minimum Gasteiger partial charge on any atom is -0.388 e. The van der Waals surface area contributed by atoms with Gasteiger partial charge < -0.3 is 24.9 Å². The summed E-state index contributed by atoms with van der Waals surface area (Å²) in [6, 6.07) is 7.18. The molecule has 0 unspecified atom stereocenters. The number of nitrogens with two attached hydrogens (primary N) is 1. The molecule has 0 saturated carbocycles. The van der Waals surface area contributed by atoms with E-state index in [0.717, 1.165) is 5.56 Å². The van der Waals surface area contributed by atoms with Crippen LogP contribution >= 0.6 is 0 Å². The number of carbonyl (C=O) groups excluding carboxylic acids is 1.